The third-order valence-electron chi connectivity index (χ3n) is 12.5. The van der Waals surface area contributed by atoms with Crippen LogP contribution in [-0.2, 0) is 70.4 Å². The highest BCUT2D eigenvalue weighted by atomic mass is 16.4. The number of carbonyl (C=O) groups is 12. The Balaban J connectivity index is 2.52. The summed E-state index contributed by atoms with van der Waals surface area (Å²) < 4.78 is 0. The second-order valence-corrected chi connectivity index (χ2v) is 20.4. The number of hydrogen-bond donors (Lipinski definition) is 18. The van der Waals surface area contributed by atoms with Gasteiger partial charge < -0.3 is 96.3 Å². The van der Waals surface area contributed by atoms with E-state index >= 15 is 0 Å². The van der Waals surface area contributed by atoms with Gasteiger partial charge in [0, 0.05) is 25.8 Å². The van der Waals surface area contributed by atoms with Crippen LogP contribution in [0, 0.1) is 11.8 Å². The molecule has 2 rings (SSSR count). The SMILES string of the molecule is CC(C)C[C@H](NC(=O)[C@H](CO)NC(=O)[C@@H](N)CO)C(=O)N[C@@H](CCC(=O)O)C(=O)N[C@@H](CC(N)=O)C(=O)N[C@@H](Cc1ccccc1)C(=O)N[C@@H](CCCN=C(N)N)C(=O)N[C@@H](C)C(=O)N[C@@H](Cc1ccc(O)cc1)C(=O)N[C@H](C(=O)O)C(C)C. The van der Waals surface area contributed by atoms with Crippen molar-refractivity contribution in [3.63, 3.8) is 0 Å². The van der Waals surface area contributed by atoms with Gasteiger partial charge in [-0.25, -0.2) is 4.79 Å². The molecule has 10 atom stereocenters. The fraction of sp³-hybridized carbons (Fsp3) is 0.528. The zero-order chi connectivity index (χ0) is 63.4. The molecule has 0 fully saturated rings. The zero-order valence-electron chi connectivity index (χ0n) is 47.3. The summed E-state index contributed by atoms with van der Waals surface area (Å²) in [6.07, 6.45) is -3.05. The highest BCUT2D eigenvalue weighted by Gasteiger charge is 2.36. The van der Waals surface area contributed by atoms with Crippen LogP contribution in [0.4, 0.5) is 0 Å². The molecule has 0 aliphatic rings. The summed E-state index contributed by atoms with van der Waals surface area (Å²) in [4.78, 5) is 164. The Morgan fingerprint density at radius 3 is 1.48 bits per heavy atom. The van der Waals surface area contributed by atoms with E-state index < -0.39 is 170 Å². The lowest BCUT2D eigenvalue weighted by Crippen LogP contribution is -2.61. The number of rotatable bonds is 37. The molecule has 0 aliphatic carbocycles. The average Bonchev–Trinajstić information content (AvgIpc) is 3.51. The lowest BCUT2D eigenvalue weighted by atomic mass is 10.0. The summed E-state index contributed by atoms with van der Waals surface area (Å²) in [5, 5.41) is 69.8. The predicted molar refractivity (Wildman–Crippen MR) is 300 cm³/mol. The number of phenols is 1. The Labute approximate surface area is 484 Å². The Hall–Kier alpha value is -8.97. The number of carbonyl (C=O) groups excluding carboxylic acids is 10. The summed E-state index contributed by atoms with van der Waals surface area (Å²) in [6, 6.07) is -1.99. The lowest BCUT2D eigenvalue weighted by molar-refractivity contribution is -0.143. The highest BCUT2D eigenvalue weighted by molar-refractivity contribution is 5.99. The number of nitrogens with zero attached hydrogens (tertiary/aromatic N) is 1. The van der Waals surface area contributed by atoms with E-state index in [0.717, 1.165) is 0 Å². The van der Waals surface area contributed by atoms with Gasteiger partial charge in [0.15, 0.2) is 5.96 Å². The molecule has 84 heavy (non-hydrogen) atoms. The van der Waals surface area contributed by atoms with Crippen molar-refractivity contribution in [1.29, 1.82) is 0 Å². The van der Waals surface area contributed by atoms with Crippen LogP contribution in [0.1, 0.15) is 84.3 Å². The van der Waals surface area contributed by atoms with Crippen LogP contribution in [0.3, 0.4) is 0 Å². The van der Waals surface area contributed by atoms with Crippen molar-refractivity contribution in [3.8, 4) is 5.75 Å². The number of hydrogen-bond acceptors (Lipinski definition) is 17. The molecule has 0 heterocycles. The first-order valence-corrected chi connectivity index (χ1v) is 26.8. The van der Waals surface area contributed by atoms with E-state index in [4.69, 9.17) is 22.9 Å². The van der Waals surface area contributed by atoms with Crippen molar-refractivity contribution in [2.24, 2.45) is 39.8 Å². The number of aromatic hydroxyl groups is 1. The van der Waals surface area contributed by atoms with Gasteiger partial charge in [-0.05, 0) is 67.7 Å². The summed E-state index contributed by atoms with van der Waals surface area (Å²) in [5.41, 5.74) is 22.9. The molecule has 0 saturated carbocycles. The lowest BCUT2D eigenvalue weighted by Gasteiger charge is -2.28. The minimum Gasteiger partial charge on any atom is -0.508 e. The normalized spacial score (nSPS) is 14.6. The Bertz CT molecular complexity index is 2620. The molecule has 2 aromatic rings. The molecule has 0 aliphatic heterocycles. The Morgan fingerprint density at radius 2 is 0.964 bits per heavy atom. The number of aliphatic hydroxyl groups is 2. The zero-order valence-corrected chi connectivity index (χ0v) is 47.3. The molecule has 464 valence electrons. The second-order valence-electron chi connectivity index (χ2n) is 20.4. The van der Waals surface area contributed by atoms with Crippen LogP contribution in [-0.4, -0.2) is 183 Å². The van der Waals surface area contributed by atoms with Crippen molar-refractivity contribution < 1.29 is 83.1 Å². The van der Waals surface area contributed by atoms with Crippen molar-refractivity contribution in [2.45, 2.75) is 146 Å². The molecule has 0 unspecified atom stereocenters. The van der Waals surface area contributed by atoms with Crippen LogP contribution in [0.25, 0.3) is 0 Å². The highest BCUT2D eigenvalue weighted by Crippen LogP contribution is 2.14. The average molecular weight is 1190 g/mol. The molecule has 22 N–H and O–H groups in total. The molecule has 31 nitrogen and oxygen atoms in total. The van der Waals surface area contributed by atoms with Gasteiger partial charge in [0.25, 0.3) is 0 Å². The molecule has 0 saturated heterocycles. The van der Waals surface area contributed by atoms with E-state index in [1.807, 2.05) is 0 Å². The van der Waals surface area contributed by atoms with Gasteiger partial charge >= 0.3 is 11.9 Å². The number of aliphatic hydroxyl groups excluding tert-OH is 2. The maximum Gasteiger partial charge on any atom is 0.326 e. The molecular weight excluding hydrogens is 1100 g/mol. The third kappa shape index (κ3) is 25.9. The van der Waals surface area contributed by atoms with E-state index in [9.17, 15) is 83.1 Å². The minimum absolute atomic E-state index is 0.0426. The summed E-state index contributed by atoms with van der Waals surface area (Å²) in [6.45, 7) is 5.88. The van der Waals surface area contributed by atoms with Gasteiger partial charge in [-0.15, -0.1) is 0 Å². The standard InChI is InChI=1S/C53H80N14O17/c1-26(2)20-35(63-51(82)39(25-69)66-44(75)32(54)24-68)47(78)61-34(17-18-41(72)73)46(77)65-38(23-40(55)71)49(80)64-36(21-29-10-7-6-8-11-29)48(79)60-33(12-9-19-58-53(56)57)45(76)59-28(5)43(74)62-37(22-30-13-15-31(70)16-14-30)50(81)67-42(27(3)4)52(83)84/h6-8,10-11,13-16,26-28,32-39,42,68-70H,9,12,17-25,54H2,1-5H3,(H2,55,71)(H,59,76)(H,60,79)(H,61,78)(H,62,74)(H,63,82)(H,64,80)(H,65,77)(H,66,75)(H,67,81)(H,72,73)(H,83,84)(H4,56,57,58)/t28-,32-,33-,34-,35-,36-,37-,38-,39-,42-/m0/s1. The molecule has 0 bridgehead atoms. The molecule has 10 amide bonds. The van der Waals surface area contributed by atoms with Crippen LogP contribution in [0.5, 0.6) is 5.75 Å². The molecule has 0 spiro atoms. The van der Waals surface area contributed by atoms with Crippen molar-refractivity contribution in [1.82, 2.24) is 47.9 Å². The number of nitrogens with one attached hydrogen (secondary N) is 9. The van der Waals surface area contributed by atoms with Crippen LogP contribution in [0.15, 0.2) is 59.6 Å². The van der Waals surface area contributed by atoms with E-state index in [-0.39, 0.29) is 56.3 Å². The molecule has 31 heteroatoms. The largest absolute Gasteiger partial charge is 0.508 e. The first-order valence-electron chi connectivity index (χ1n) is 26.8. The number of phenolic OH excluding ortho intramolecular Hbond substituents is 1. The third-order valence-corrected chi connectivity index (χ3v) is 12.5. The van der Waals surface area contributed by atoms with Crippen LogP contribution >= 0.6 is 0 Å². The number of aliphatic imine (C=N–C) groups is 1. The van der Waals surface area contributed by atoms with Crippen LogP contribution in [0.2, 0.25) is 0 Å². The van der Waals surface area contributed by atoms with E-state index in [2.05, 4.69) is 52.8 Å². The predicted octanol–water partition coefficient (Wildman–Crippen LogP) is -5.55. The van der Waals surface area contributed by atoms with E-state index in [1.165, 1.54) is 31.2 Å². The van der Waals surface area contributed by atoms with Crippen molar-refractivity contribution in [2.75, 3.05) is 19.8 Å². The Kier molecular flexibility index (Phi) is 30.3. The molecule has 0 radical (unpaired) electrons. The molecule has 2 aromatic carbocycles. The van der Waals surface area contributed by atoms with E-state index in [1.54, 1.807) is 58.0 Å². The molecule has 0 aromatic heterocycles. The number of carboxylic acid groups (broad SMARTS) is 2. The van der Waals surface area contributed by atoms with E-state index in [0.29, 0.717) is 11.1 Å². The summed E-state index contributed by atoms with van der Waals surface area (Å²) in [5.74, 6) is -14.6. The van der Waals surface area contributed by atoms with Gasteiger partial charge in [0.2, 0.25) is 59.1 Å². The smallest absolute Gasteiger partial charge is 0.326 e. The first kappa shape index (κ1) is 71.1. The first-order chi connectivity index (χ1) is 39.5. The summed E-state index contributed by atoms with van der Waals surface area (Å²) in [7, 11) is 0. The fourth-order valence-electron chi connectivity index (χ4n) is 7.92. The topological polar surface area (TPSA) is 531 Å². The number of amides is 10. The maximum absolute atomic E-state index is 14.5. The minimum atomic E-state index is -1.92. The summed E-state index contributed by atoms with van der Waals surface area (Å²) >= 11 is 0. The number of aliphatic carboxylic acids is 2. The van der Waals surface area contributed by atoms with Gasteiger partial charge in [-0.3, -0.25) is 57.7 Å². The molecular formula is C53H80N14O17. The number of guanidine groups is 1. The quantitative estimate of drug-likeness (QED) is 0.0170. The number of nitrogens with two attached hydrogens (primary N) is 4. The second kappa shape index (κ2) is 35.8. The van der Waals surface area contributed by atoms with Gasteiger partial charge in [0.1, 0.15) is 66.2 Å². The maximum atomic E-state index is 14.5. The number of primary amides is 1. The van der Waals surface area contributed by atoms with Gasteiger partial charge in [-0.2, -0.15) is 0 Å². The fourth-order valence-corrected chi connectivity index (χ4v) is 7.92. The number of benzene rings is 2. The van der Waals surface area contributed by atoms with Gasteiger partial charge in [0.05, 0.1) is 19.6 Å². The van der Waals surface area contributed by atoms with Crippen molar-refractivity contribution in [3.05, 3.63) is 65.7 Å². The van der Waals surface area contributed by atoms with Gasteiger partial charge in [-0.1, -0.05) is 70.2 Å². The van der Waals surface area contributed by atoms with Crippen molar-refractivity contribution >= 4 is 77.0 Å². The number of carboxylic acids is 2. The monoisotopic (exact) mass is 1180 g/mol. The Morgan fingerprint density at radius 1 is 0.512 bits per heavy atom. The van der Waals surface area contributed by atoms with Crippen LogP contribution < -0.4 is 70.8 Å².